The number of carbonyl (C=O) groups excluding carboxylic acids is 1. The number of urea groups is 1. The van der Waals surface area contributed by atoms with Gasteiger partial charge in [-0.05, 0) is 38.6 Å². The molecule has 0 aliphatic carbocycles. The Morgan fingerprint density at radius 1 is 1.24 bits per heavy atom. The van der Waals surface area contributed by atoms with Crippen LogP contribution < -0.4 is 5.32 Å². The highest BCUT2D eigenvalue weighted by Crippen LogP contribution is 2.28. The highest BCUT2D eigenvalue weighted by molar-refractivity contribution is 5.82. The Bertz CT molecular complexity index is 400. The minimum absolute atomic E-state index is 0.232. The molecular weight excluding hydrogens is 270 g/mol. The second-order valence-corrected chi connectivity index (χ2v) is 6.76. The first-order valence-corrected chi connectivity index (χ1v) is 7.88. The van der Waals surface area contributed by atoms with E-state index in [1.54, 1.807) is 4.90 Å². The number of amides is 2. The zero-order valence-corrected chi connectivity index (χ0v) is 13.2. The number of nitrogens with zero attached hydrogens (tertiary/aromatic N) is 2. The molecule has 2 aliphatic heterocycles. The van der Waals surface area contributed by atoms with E-state index in [-0.39, 0.29) is 11.9 Å². The number of nitrogens with one attached hydrogen (secondary N) is 1. The van der Waals surface area contributed by atoms with Crippen LogP contribution in [0.3, 0.4) is 0 Å². The number of likely N-dealkylation sites (N-methyl/N-ethyl adjacent to an activating group) is 1. The second kappa shape index (κ2) is 6.64. The van der Waals surface area contributed by atoms with Crippen LogP contribution in [-0.2, 0) is 4.79 Å². The maximum Gasteiger partial charge on any atom is 0.326 e. The van der Waals surface area contributed by atoms with Gasteiger partial charge in [-0.15, -0.1) is 0 Å². The van der Waals surface area contributed by atoms with E-state index in [1.165, 1.54) is 6.42 Å². The standard InChI is InChI=1S/C15H27N3O3/c1-10(2)8-13(14(19)20)16-15(21)18-7-6-11-4-5-12(9-18)17(11)3/h10-13H,4-9H2,1-3H3,(H,16,21)(H,19,20)/t11?,12?,13-/m1/s1. The summed E-state index contributed by atoms with van der Waals surface area (Å²) in [5.74, 6) is -0.719. The summed E-state index contributed by atoms with van der Waals surface area (Å²) in [7, 11) is 2.13. The number of carboxylic acid groups (broad SMARTS) is 1. The van der Waals surface area contributed by atoms with E-state index in [2.05, 4.69) is 17.3 Å². The summed E-state index contributed by atoms with van der Waals surface area (Å²) >= 11 is 0. The smallest absolute Gasteiger partial charge is 0.326 e. The topological polar surface area (TPSA) is 72.9 Å². The molecule has 2 bridgehead atoms. The van der Waals surface area contributed by atoms with Gasteiger partial charge in [-0.1, -0.05) is 13.8 Å². The van der Waals surface area contributed by atoms with Crippen LogP contribution in [-0.4, -0.2) is 65.2 Å². The molecule has 2 heterocycles. The SMILES string of the molecule is CC(C)C[C@@H](NC(=O)N1CCC2CCC(C1)N2C)C(=O)O. The molecule has 2 rings (SSSR count). The average molecular weight is 297 g/mol. The molecule has 2 unspecified atom stereocenters. The Balaban J connectivity index is 1.94. The predicted octanol–water partition coefficient (Wildman–Crippen LogP) is 1.36. The molecule has 0 aromatic rings. The van der Waals surface area contributed by atoms with Gasteiger partial charge in [0.25, 0.3) is 0 Å². The molecule has 0 saturated carbocycles. The van der Waals surface area contributed by atoms with Crippen molar-refractivity contribution in [3.05, 3.63) is 0 Å². The summed E-state index contributed by atoms with van der Waals surface area (Å²) in [6.45, 7) is 5.34. The van der Waals surface area contributed by atoms with E-state index in [9.17, 15) is 14.7 Å². The van der Waals surface area contributed by atoms with Crippen LogP contribution in [0, 0.1) is 5.92 Å². The molecule has 21 heavy (non-hydrogen) atoms. The van der Waals surface area contributed by atoms with Crippen LogP contribution in [0.15, 0.2) is 0 Å². The summed E-state index contributed by atoms with van der Waals surface area (Å²) < 4.78 is 0. The van der Waals surface area contributed by atoms with Crippen LogP contribution >= 0.6 is 0 Å². The van der Waals surface area contributed by atoms with Crippen molar-refractivity contribution >= 4 is 12.0 Å². The Morgan fingerprint density at radius 2 is 1.90 bits per heavy atom. The van der Waals surface area contributed by atoms with Crippen molar-refractivity contribution in [3.8, 4) is 0 Å². The first-order chi connectivity index (χ1) is 9.88. The molecule has 2 N–H and O–H groups in total. The summed E-state index contributed by atoms with van der Waals surface area (Å²) in [6, 6.07) is -0.0463. The minimum Gasteiger partial charge on any atom is -0.480 e. The largest absolute Gasteiger partial charge is 0.480 e. The van der Waals surface area contributed by atoms with Gasteiger partial charge in [0.05, 0.1) is 0 Å². The van der Waals surface area contributed by atoms with E-state index < -0.39 is 12.0 Å². The average Bonchev–Trinajstić information content (AvgIpc) is 2.61. The summed E-state index contributed by atoms with van der Waals surface area (Å²) in [6.07, 6.45) is 3.77. The quantitative estimate of drug-likeness (QED) is 0.822. The van der Waals surface area contributed by atoms with Crippen molar-refractivity contribution in [2.75, 3.05) is 20.1 Å². The van der Waals surface area contributed by atoms with Crippen molar-refractivity contribution in [2.45, 2.75) is 57.7 Å². The lowest BCUT2D eigenvalue weighted by molar-refractivity contribution is -0.139. The molecule has 0 aromatic carbocycles. The van der Waals surface area contributed by atoms with Gasteiger partial charge in [-0.25, -0.2) is 9.59 Å². The number of carboxylic acids is 1. The van der Waals surface area contributed by atoms with Crippen molar-refractivity contribution < 1.29 is 14.7 Å². The van der Waals surface area contributed by atoms with Gasteiger partial charge >= 0.3 is 12.0 Å². The monoisotopic (exact) mass is 297 g/mol. The fourth-order valence-electron chi connectivity index (χ4n) is 3.43. The van der Waals surface area contributed by atoms with E-state index in [0.29, 0.717) is 31.6 Å². The van der Waals surface area contributed by atoms with Crippen LogP contribution in [0.2, 0.25) is 0 Å². The van der Waals surface area contributed by atoms with Gasteiger partial charge in [-0.2, -0.15) is 0 Å². The molecule has 6 nitrogen and oxygen atoms in total. The van der Waals surface area contributed by atoms with Crippen LogP contribution in [0.1, 0.15) is 39.5 Å². The second-order valence-electron chi connectivity index (χ2n) is 6.76. The van der Waals surface area contributed by atoms with Crippen LogP contribution in [0.4, 0.5) is 4.79 Å². The third kappa shape index (κ3) is 3.87. The number of fused-ring (bicyclic) bond motifs is 2. The molecule has 2 aliphatic rings. The molecule has 2 fully saturated rings. The summed E-state index contributed by atoms with van der Waals surface area (Å²) in [4.78, 5) is 27.8. The van der Waals surface area contributed by atoms with E-state index in [0.717, 1.165) is 12.8 Å². The molecule has 0 radical (unpaired) electrons. The maximum atomic E-state index is 12.4. The van der Waals surface area contributed by atoms with Gasteiger partial charge in [0.2, 0.25) is 0 Å². The lowest BCUT2D eigenvalue weighted by Gasteiger charge is -2.27. The van der Waals surface area contributed by atoms with E-state index in [1.807, 2.05) is 13.8 Å². The third-order valence-electron chi connectivity index (χ3n) is 4.74. The first-order valence-electron chi connectivity index (χ1n) is 7.88. The predicted molar refractivity (Wildman–Crippen MR) is 80.2 cm³/mol. The minimum atomic E-state index is -0.953. The Hall–Kier alpha value is -1.30. The molecule has 0 spiro atoms. The number of hydrogen-bond donors (Lipinski definition) is 2. The van der Waals surface area contributed by atoms with Gasteiger partial charge < -0.3 is 15.3 Å². The zero-order chi connectivity index (χ0) is 15.6. The van der Waals surface area contributed by atoms with Gasteiger partial charge in [-0.3, -0.25) is 4.90 Å². The molecule has 2 saturated heterocycles. The lowest BCUT2D eigenvalue weighted by Crippen LogP contribution is -2.50. The Morgan fingerprint density at radius 3 is 2.52 bits per heavy atom. The molecule has 2 amide bonds. The highest BCUT2D eigenvalue weighted by Gasteiger charge is 2.36. The van der Waals surface area contributed by atoms with Crippen LogP contribution in [0.5, 0.6) is 0 Å². The van der Waals surface area contributed by atoms with Gasteiger partial charge in [0.15, 0.2) is 0 Å². The van der Waals surface area contributed by atoms with Crippen LogP contribution in [0.25, 0.3) is 0 Å². The number of rotatable bonds is 4. The maximum absolute atomic E-state index is 12.4. The van der Waals surface area contributed by atoms with Gasteiger partial charge in [0, 0.05) is 25.2 Å². The van der Waals surface area contributed by atoms with Crippen molar-refractivity contribution in [3.63, 3.8) is 0 Å². The highest BCUT2D eigenvalue weighted by atomic mass is 16.4. The Kier molecular flexibility index (Phi) is 5.08. The van der Waals surface area contributed by atoms with E-state index >= 15 is 0 Å². The number of aliphatic carboxylic acids is 1. The molecule has 0 aromatic heterocycles. The van der Waals surface area contributed by atoms with E-state index in [4.69, 9.17) is 0 Å². The third-order valence-corrected chi connectivity index (χ3v) is 4.74. The molecule has 3 atom stereocenters. The number of carbonyl (C=O) groups is 2. The number of likely N-dealkylation sites (tertiary alicyclic amines) is 1. The summed E-state index contributed by atoms with van der Waals surface area (Å²) in [5.41, 5.74) is 0. The fourth-order valence-corrected chi connectivity index (χ4v) is 3.43. The lowest BCUT2D eigenvalue weighted by atomic mass is 10.0. The molecule has 6 heteroatoms. The zero-order valence-electron chi connectivity index (χ0n) is 13.2. The molecular formula is C15H27N3O3. The first kappa shape index (κ1) is 16.1. The normalized spacial score (nSPS) is 27.5. The molecule has 120 valence electrons. The number of hydrogen-bond acceptors (Lipinski definition) is 3. The van der Waals surface area contributed by atoms with Gasteiger partial charge in [0.1, 0.15) is 6.04 Å². The van der Waals surface area contributed by atoms with Crippen molar-refractivity contribution in [1.29, 1.82) is 0 Å². The summed E-state index contributed by atoms with van der Waals surface area (Å²) in [5, 5.41) is 11.9. The van der Waals surface area contributed by atoms with Crippen molar-refractivity contribution in [2.24, 2.45) is 5.92 Å². The fraction of sp³-hybridized carbons (Fsp3) is 0.867. The van der Waals surface area contributed by atoms with Crippen molar-refractivity contribution in [1.82, 2.24) is 15.1 Å². The Labute approximate surface area is 126 Å².